The van der Waals surface area contributed by atoms with Crippen molar-refractivity contribution in [2.24, 2.45) is 0 Å². The maximum absolute atomic E-state index is 4.35. The molecule has 1 aromatic heterocycles. The van der Waals surface area contributed by atoms with Gasteiger partial charge in [0.1, 0.15) is 5.82 Å². The van der Waals surface area contributed by atoms with Crippen molar-refractivity contribution >= 4 is 27.4 Å². The predicted molar refractivity (Wildman–Crippen MR) is 77.1 cm³/mol. The zero-order chi connectivity index (χ0) is 12.4. The van der Waals surface area contributed by atoms with Gasteiger partial charge in [-0.3, -0.25) is 0 Å². The fraction of sp³-hybridized carbons (Fsp3) is 0.214. The zero-order valence-corrected chi connectivity index (χ0v) is 11.5. The molecule has 4 heteroatoms. The highest BCUT2D eigenvalue weighted by molar-refractivity contribution is 9.10. The Kier molecular flexibility index (Phi) is 3.30. The van der Waals surface area contributed by atoms with Crippen LogP contribution in [0.2, 0.25) is 0 Å². The Morgan fingerprint density at radius 1 is 1.22 bits per heavy atom. The van der Waals surface area contributed by atoms with E-state index in [1.165, 1.54) is 11.1 Å². The number of halogens is 1. The van der Waals surface area contributed by atoms with Crippen molar-refractivity contribution in [3.8, 4) is 0 Å². The summed E-state index contributed by atoms with van der Waals surface area (Å²) >= 11 is 3.51. The molecule has 0 bridgehead atoms. The third-order valence-corrected chi connectivity index (χ3v) is 3.79. The zero-order valence-electron chi connectivity index (χ0n) is 9.91. The molecule has 2 N–H and O–H groups in total. The Labute approximate surface area is 115 Å². The van der Waals surface area contributed by atoms with Crippen LogP contribution in [0.15, 0.2) is 41.0 Å². The van der Waals surface area contributed by atoms with E-state index in [0.29, 0.717) is 0 Å². The highest BCUT2D eigenvalue weighted by Gasteiger charge is 2.13. The number of pyridine rings is 1. The van der Waals surface area contributed by atoms with Gasteiger partial charge >= 0.3 is 0 Å². The van der Waals surface area contributed by atoms with Crippen LogP contribution in [0.25, 0.3) is 0 Å². The molecular formula is C14H14BrN3. The van der Waals surface area contributed by atoms with E-state index in [1.807, 2.05) is 12.1 Å². The van der Waals surface area contributed by atoms with E-state index >= 15 is 0 Å². The monoisotopic (exact) mass is 303 g/mol. The third kappa shape index (κ3) is 2.26. The van der Waals surface area contributed by atoms with Gasteiger partial charge in [0.05, 0.1) is 4.47 Å². The van der Waals surface area contributed by atoms with Gasteiger partial charge in [0.2, 0.25) is 0 Å². The Bertz CT molecular complexity index is 569. The molecule has 1 aromatic carbocycles. The SMILES string of the molecule is Brc1cccnc1Nc1cccc2c1CCNC2. The maximum atomic E-state index is 4.35. The van der Waals surface area contributed by atoms with Gasteiger partial charge in [-0.1, -0.05) is 12.1 Å². The van der Waals surface area contributed by atoms with Crippen LogP contribution < -0.4 is 10.6 Å². The van der Waals surface area contributed by atoms with Crippen molar-refractivity contribution in [2.45, 2.75) is 13.0 Å². The standard InChI is InChI=1S/C14H14BrN3/c15-12-4-2-7-17-14(12)18-13-5-1-3-10-9-16-8-6-11(10)13/h1-5,7,16H,6,8-9H2,(H,17,18). The van der Waals surface area contributed by atoms with Gasteiger partial charge in [-0.2, -0.15) is 0 Å². The van der Waals surface area contributed by atoms with Crippen molar-refractivity contribution in [1.82, 2.24) is 10.3 Å². The number of fused-ring (bicyclic) bond motifs is 1. The van der Waals surface area contributed by atoms with E-state index in [2.05, 4.69) is 49.7 Å². The van der Waals surface area contributed by atoms with Crippen LogP contribution in [0.3, 0.4) is 0 Å². The van der Waals surface area contributed by atoms with Crippen LogP contribution >= 0.6 is 15.9 Å². The summed E-state index contributed by atoms with van der Waals surface area (Å²) in [6.45, 7) is 1.99. The summed E-state index contributed by atoms with van der Waals surface area (Å²) in [6, 6.07) is 10.3. The number of nitrogens with one attached hydrogen (secondary N) is 2. The molecule has 3 nitrogen and oxygen atoms in total. The molecule has 0 unspecified atom stereocenters. The molecule has 0 aliphatic carbocycles. The van der Waals surface area contributed by atoms with Crippen molar-refractivity contribution in [2.75, 3.05) is 11.9 Å². The fourth-order valence-electron chi connectivity index (χ4n) is 2.25. The Hall–Kier alpha value is -1.39. The summed E-state index contributed by atoms with van der Waals surface area (Å²) < 4.78 is 0.983. The first-order valence-corrected chi connectivity index (χ1v) is 6.83. The maximum Gasteiger partial charge on any atom is 0.144 e. The molecule has 0 radical (unpaired) electrons. The molecule has 1 aliphatic rings. The van der Waals surface area contributed by atoms with E-state index in [-0.39, 0.29) is 0 Å². The first-order valence-electron chi connectivity index (χ1n) is 6.03. The van der Waals surface area contributed by atoms with Crippen LogP contribution in [0.1, 0.15) is 11.1 Å². The Balaban J connectivity index is 1.96. The molecule has 0 fully saturated rings. The second-order valence-electron chi connectivity index (χ2n) is 4.33. The summed E-state index contributed by atoms with van der Waals surface area (Å²) in [5.41, 5.74) is 3.93. The summed E-state index contributed by atoms with van der Waals surface area (Å²) in [5, 5.41) is 6.81. The molecular weight excluding hydrogens is 290 g/mol. The minimum atomic E-state index is 0.865. The van der Waals surface area contributed by atoms with Crippen molar-refractivity contribution < 1.29 is 0 Å². The Morgan fingerprint density at radius 2 is 2.17 bits per heavy atom. The van der Waals surface area contributed by atoms with Crippen LogP contribution in [-0.2, 0) is 13.0 Å². The van der Waals surface area contributed by atoms with Gasteiger partial charge in [-0.15, -0.1) is 0 Å². The number of nitrogens with zero attached hydrogens (tertiary/aromatic N) is 1. The highest BCUT2D eigenvalue weighted by Crippen LogP contribution is 2.28. The molecule has 0 saturated carbocycles. The lowest BCUT2D eigenvalue weighted by molar-refractivity contribution is 0.645. The van der Waals surface area contributed by atoms with E-state index < -0.39 is 0 Å². The van der Waals surface area contributed by atoms with Gasteiger partial charge in [0.15, 0.2) is 0 Å². The Morgan fingerprint density at radius 3 is 3.06 bits per heavy atom. The molecule has 1 aliphatic heterocycles. The van der Waals surface area contributed by atoms with Gasteiger partial charge < -0.3 is 10.6 Å². The van der Waals surface area contributed by atoms with Gasteiger partial charge in [-0.05, 0) is 58.2 Å². The molecule has 3 rings (SSSR count). The van der Waals surface area contributed by atoms with E-state index in [4.69, 9.17) is 0 Å². The van der Waals surface area contributed by atoms with E-state index in [0.717, 1.165) is 35.5 Å². The van der Waals surface area contributed by atoms with Crippen LogP contribution in [0.5, 0.6) is 0 Å². The van der Waals surface area contributed by atoms with Crippen molar-refractivity contribution in [3.63, 3.8) is 0 Å². The van der Waals surface area contributed by atoms with Gasteiger partial charge in [0.25, 0.3) is 0 Å². The smallest absolute Gasteiger partial charge is 0.144 e. The van der Waals surface area contributed by atoms with Crippen LogP contribution in [0.4, 0.5) is 11.5 Å². The molecule has 2 aromatic rings. The topological polar surface area (TPSA) is 37.0 Å². The first-order chi connectivity index (χ1) is 8.84. The second kappa shape index (κ2) is 5.08. The van der Waals surface area contributed by atoms with E-state index in [9.17, 15) is 0 Å². The third-order valence-electron chi connectivity index (χ3n) is 3.15. The number of rotatable bonds is 2. The molecule has 2 heterocycles. The number of hydrogen-bond acceptors (Lipinski definition) is 3. The lowest BCUT2D eigenvalue weighted by Crippen LogP contribution is -2.24. The fourth-order valence-corrected chi connectivity index (χ4v) is 2.61. The van der Waals surface area contributed by atoms with E-state index in [1.54, 1.807) is 6.20 Å². The molecule has 0 amide bonds. The average molecular weight is 304 g/mol. The van der Waals surface area contributed by atoms with Crippen molar-refractivity contribution in [1.29, 1.82) is 0 Å². The average Bonchev–Trinajstić information content (AvgIpc) is 2.42. The highest BCUT2D eigenvalue weighted by atomic mass is 79.9. The van der Waals surface area contributed by atoms with Crippen LogP contribution in [0, 0.1) is 0 Å². The normalized spacial score (nSPS) is 14.1. The summed E-state index contributed by atoms with van der Waals surface area (Å²) in [5.74, 6) is 0.865. The summed E-state index contributed by atoms with van der Waals surface area (Å²) in [4.78, 5) is 4.35. The van der Waals surface area contributed by atoms with Gasteiger partial charge in [0, 0.05) is 18.4 Å². The molecule has 0 saturated heterocycles. The minimum absolute atomic E-state index is 0.865. The number of benzene rings is 1. The lowest BCUT2D eigenvalue weighted by Gasteiger charge is -2.21. The first kappa shape index (κ1) is 11.7. The minimum Gasteiger partial charge on any atom is -0.339 e. The second-order valence-corrected chi connectivity index (χ2v) is 5.18. The van der Waals surface area contributed by atoms with Crippen molar-refractivity contribution in [3.05, 3.63) is 52.1 Å². The molecule has 92 valence electrons. The number of anilines is 2. The van der Waals surface area contributed by atoms with Gasteiger partial charge in [-0.25, -0.2) is 4.98 Å². The molecule has 0 atom stereocenters. The largest absolute Gasteiger partial charge is 0.339 e. The summed E-state index contributed by atoms with van der Waals surface area (Å²) in [7, 11) is 0. The lowest BCUT2D eigenvalue weighted by atomic mass is 9.99. The number of hydrogen-bond donors (Lipinski definition) is 2. The molecule has 18 heavy (non-hydrogen) atoms. The quantitative estimate of drug-likeness (QED) is 0.894. The molecule has 0 spiro atoms. The van der Waals surface area contributed by atoms with Crippen LogP contribution in [-0.4, -0.2) is 11.5 Å². The number of aromatic nitrogens is 1. The predicted octanol–water partition coefficient (Wildman–Crippen LogP) is 3.23. The summed E-state index contributed by atoms with van der Waals surface area (Å²) in [6.07, 6.45) is 2.85.